The molecule has 0 aromatic heterocycles. The van der Waals surface area contributed by atoms with E-state index in [1.807, 2.05) is 20.2 Å². The average Bonchev–Trinajstić information content (AvgIpc) is 2.18. The highest BCUT2D eigenvalue weighted by Crippen LogP contribution is 1.80. The zero-order valence-corrected chi connectivity index (χ0v) is 9.71. The standard InChI is InChI=1S/C10H24N4/c1-4-12-7-9-14(3)10-8-13-6-5-11-2/h4,11,13H,5-10H2,1-3H3. The van der Waals surface area contributed by atoms with Gasteiger partial charge in [-0.2, -0.15) is 0 Å². The Bertz CT molecular complexity index is 136. The predicted molar refractivity (Wildman–Crippen MR) is 63.3 cm³/mol. The van der Waals surface area contributed by atoms with Crippen molar-refractivity contribution in [2.24, 2.45) is 4.99 Å². The molecule has 0 saturated carbocycles. The normalized spacial score (nSPS) is 11.7. The number of hydrogen-bond acceptors (Lipinski definition) is 4. The molecule has 0 radical (unpaired) electrons. The van der Waals surface area contributed by atoms with Crippen LogP contribution in [-0.4, -0.2) is 64.5 Å². The first kappa shape index (κ1) is 13.5. The molecular formula is C10H24N4. The van der Waals surface area contributed by atoms with Crippen LogP contribution in [0.15, 0.2) is 4.99 Å². The highest BCUT2D eigenvalue weighted by atomic mass is 15.1. The summed E-state index contributed by atoms with van der Waals surface area (Å²) < 4.78 is 0. The molecule has 4 heteroatoms. The van der Waals surface area contributed by atoms with E-state index >= 15 is 0 Å². The maximum absolute atomic E-state index is 4.17. The molecule has 4 nitrogen and oxygen atoms in total. The predicted octanol–water partition coefficient (Wildman–Crippen LogP) is -0.182. The molecule has 2 N–H and O–H groups in total. The van der Waals surface area contributed by atoms with E-state index in [0.29, 0.717) is 0 Å². The van der Waals surface area contributed by atoms with Crippen LogP contribution in [0.1, 0.15) is 6.92 Å². The van der Waals surface area contributed by atoms with E-state index in [9.17, 15) is 0 Å². The second-order valence-corrected chi connectivity index (χ2v) is 3.32. The van der Waals surface area contributed by atoms with Crippen molar-refractivity contribution in [3.8, 4) is 0 Å². The lowest BCUT2D eigenvalue weighted by atomic mass is 10.5. The third kappa shape index (κ3) is 9.64. The molecule has 0 amide bonds. The quantitative estimate of drug-likeness (QED) is 0.400. The van der Waals surface area contributed by atoms with Gasteiger partial charge in [0, 0.05) is 32.7 Å². The molecule has 0 aliphatic carbocycles. The Labute approximate surface area is 87.8 Å². The maximum Gasteiger partial charge on any atom is 0.0512 e. The van der Waals surface area contributed by atoms with Crippen molar-refractivity contribution >= 4 is 6.21 Å². The molecule has 0 fully saturated rings. The summed E-state index contributed by atoms with van der Waals surface area (Å²) in [5.74, 6) is 0. The van der Waals surface area contributed by atoms with Crippen LogP contribution in [0, 0.1) is 0 Å². The minimum Gasteiger partial charge on any atom is -0.318 e. The molecule has 0 aliphatic rings. The van der Waals surface area contributed by atoms with Crippen molar-refractivity contribution < 1.29 is 0 Å². The highest BCUT2D eigenvalue weighted by molar-refractivity contribution is 5.53. The van der Waals surface area contributed by atoms with E-state index in [0.717, 1.165) is 39.3 Å². The third-order valence-corrected chi connectivity index (χ3v) is 2.02. The molecule has 0 aliphatic heterocycles. The molecule has 84 valence electrons. The maximum atomic E-state index is 4.17. The van der Waals surface area contributed by atoms with Gasteiger partial charge in [-0.3, -0.25) is 4.99 Å². The highest BCUT2D eigenvalue weighted by Gasteiger charge is 1.95. The topological polar surface area (TPSA) is 39.7 Å². The van der Waals surface area contributed by atoms with Crippen LogP contribution in [0.3, 0.4) is 0 Å². The molecule has 0 spiro atoms. The first-order chi connectivity index (χ1) is 6.81. The van der Waals surface area contributed by atoms with E-state index in [2.05, 4.69) is 27.6 Å². The number of hydrogen-bond donors (Lipinski definition) is 2. The van der Waals surface area contributed by atoms with Crippen LogP contribution in [0.25, 0.3) is 0 Å². The fourth-order valence-electron chi connectivity index (χ4n) is 1.08. The Kier molecular flexibility index (Phi) is 10.3. The lowest BCUT2D eigenvalue weighted by molar-refractivity contribution is 0.341. The Balaban J connectivity index is 3.13. The van der Waals surface area contributed by atoms with Crippen molar-refractivity contribution in [3.63, 3.8) is 0 Å². The van der Waals surface area contributed by atoms with Crippen LogP contribution < -0.4 is 10.6 Å². The molecule has 0 unspecified atom stereocenters. The first-order valence-electron chi connectivity index (χ1n) is 5.29. The summed E-state index contributed by atoms with van der Waals surface area (Å²) in [4.78, 5) is 6.46. The zero-order chi connectivity index (χ0) is 10.6. The van der Waals surface area contributed by atoms with Gasteiger partial charge in [-0.1, -0.05) is 0 Å². The van der Waals surface area contributed by atoms with Crippen LogP contribution in [0.5, 0.6) is 0 Å². The number of likely N-dealkylation sites (N-methyl/N-ethyl adjacent to an activating group) is 2. The zero-order valence-electron chi connectivity index (χ0n) is 9.71. The molecule has 0 heterocycles. The number of nitrogens with zero attached hydrogens (tertiary/aromatic N) is 2. The molecular weight excluding hydrogens is 176 g/mol. The largest absolute Gasteiger partial charge is 0.318 e. The van der Waals surface area contributed by atoms with Crippen molar-refractivity contribution in [1.29, 1.82) is 0 Å². The summed E-state index contributed by atoms with van der Waals surface area (Å²) in [6.07, 6.45) is 1.86. The van der Waals surface area contributed by atoms with Crippen LogP contribution in [0.2, 0.25) is 0 Å². The van der Waals surface area contributed by atoms with E-state index in [1.54, 1.807) is 0 Å². The summed E-state index contributed by atoms with van der Waals surface area (Å²) in [6, 6.07) is 0. The number of nitrogens with one attached hydrogen (secondary N) is 2. The van der Waals surface area contributed by atoms with E-state index in [1.165, 1.54) is 0 Å². The minimum atomic E-state index is 0.906. The second kappa shape index (κ2) is 10.6. The fraction of sp³-hybridized carbons (Fsp3) is 0.900. The van der Waals surface area contributed by atoms with Gasteiger partial charge in [0.1, 0.15) is 0 Å². The van der Waals surface area contributed by atoms with Crippen molar-refractivity contribution in [2.45, 2.75) is 6.92 Å². The SMILES string of the molecule is CC=NCCN(C)CCNCCNC. The molecule has 0 bridgehead atoms. The van der Waals surface area contributed by atoms with Gasteiger partial charge in [-0.25, -0.2) is 0 Å². The third-order valence-electron chi connectivity index (χ3n) is 2.02. The Morgan fingerprint density at radius 1 is 1.21 bits per heavy atom. The second-order valence-electron chi connectivity index (χ2n) is 3.32. The van der Waals surface area contributed by atoms with Crippen LogP contribution in [-0.2, 0) is 0 Å². The summed E-state index contributed by atoms with van der Waals surface area (Å²) in [5, 5.41) is 6.47. The number of rotatable bonds is 9. The van der Waals surface area contributed by atoms with Gasteiger partial charge in [0.25, 0.3) is 0 Å². The smallest absolute Gasteiger partial charge is 0.0512 e. The average molecular weight is 200 g/mol. The van der Waals surface area contributed by atoms with Gasteiger partial charge in [-0.15, -0.1) is 0 Å². The van der Waals surface area contributed by atoms with Gasteiger partial charge in [0.2, 0.25) is 0 Å². The molecule has 14 heavy (non-hydrogen) atoms. The van der Waals surface area contributed by atoms with Gasteiger partial charge in [-0.05, 0) is 27.2 Å². The van der Waals surface area contributed by atoms with Crippen molar-refractivity contribution in [2.75, 3.05) is 53.4 Å². The van der Waals surface area contributed by atoms with Crippen molar-refractivity contribution in [1.82, 2.24) is 15.5 Å². The summed E-state index contributed by atoms with van der Waals surface area (Å²) in [6.45, 7) is 8.11. The molecule has 0 aromatic carbocycles. The first-order valence-corrected chi connectivity index (χ1v) is 5.29. The lowest BCUT2D eigenvalue weighted by Crippen LogP contribution is -2.33. The molecule has 0 aromatic rings. The van der Waals surface area contributed by atoms with Crippen molar-refractivity contribution in [3.05, 3.63) is 0 Å². The van der Waals surface area contributed by atoms with Crippen LogP contribution >= 0.6 is 0 Å². The molecule has 0 rings (SSSR count). The lowest BCUT2D eigenvalue weighted by Gasteiger charge is -2.15. The monoisotopic (exact) mass is 200 g/mol. The van der Waals surface area contributed by atoms with Gasteiger partial charge in [0.05, 0.1) is 6.54 Å². The van der Waals surface area contributed by atoms with Gasteiger partial charge < -0.3 is 15.5 Å². The minimum absolute atomic E-state index is 0.906. The Morgan fingerprint density at radius 3 is 2.64 bits per heavy atom. The Morgan fingerprint density at radius 2 is 2.00 bits per heavy atom. The summed E-state index contributed by atoms with van der Waals surface area (Å²) in [7, 11) is 4.10. The fourth-order valence-corrected chi connectivity index (χ4v) is 1.08. The number of aliphatic imine (C=N–C) groups is 1. The van der Waals surface area contributed by atoms with E-state index in [4.69, 9.17) is 0 Å². The molecule has 0 atom stereocenters. The van der Waals surface area contributed by atoms with E-state index < -0.39 is 0 Å². The van der Waals surface area contributed by atoms with E-state index in [-0.39, 0.29) is 0 Å². The molecule has 0 saturated heterocycles. The van der Waals surface area contributed by atoms with Gasteiger partial charge >= 0.3 is 0 Å². The Hall–Kier alpha value is -0.450. The van der Waals surface area contributed by atoms with Crippen LogP contribution in [0.4, 0.5) is 0 Å². The van der Waals surface area contributed by atoms with Gasteiger partial charge in [0.15, 0.2) is 0 Å². The summed E-state index contributed by atoms with van der Waals surface area (Å²) >= 11 is 0. The summed E-state index contributed by atoms with van der Waals surface area (Å²) in [5.41, 5.74) is 0.